The first kappa shape index (κ1) is 13.9. The van der Waals surface area contributed by atoms with E-state index in [2.05, 4.69) is 28.1 Å². The molecule has 5 nitrogen and oxygen atoms in total. The number of fused-ring (bicyclic) bond motifs is 1. The van der Waals surface area contributed by atoms with Crippen molar-refractivity contribution in [2.45, 2.75) is 51.1 Å². The van der Waals surface area contributed by atoms with Gasteiger partial charge in [0.1, 0.15) is 6.04 Å². The number of aryl methyl sites for hydroxylation is 2. The van der Waals surface area contributed by atoms with Crippen molar-refractivity contribution in [2.75, 3.05) is 5.32 Å². The zero-order valence-electron chi connectivity index (χ0n) is 12.2. The predicted molar refractivity (Wildman–Crippen MR) is 81.2 cm³/mol. The van der Waals surface area contributed by atoms with Gasteiger partial charge in [-0.05, 0) is 62.3 Å². The highest BCUT2D eigenvalue weighted by Gasteiger charge is 2.25. The fourth-order valence-electron chi connectivity index (χ4n) is 2.65. The predicted octanol–water partition coefficient (Wildman–Crippen LogP) is 1.96. The number of urea groups is 1. The molecule has 3 N–H and O–H groups in total. The molecule has 1 saturated carbocycles. The molecule has 21 heavy (non-hydrogen) atoms. The van der Waals surface area contributed by atoms with Gasteiger partial charge in [0.25, 0.3) is 0 Å². The fraction of sp³-hybridized carbons (Fsp3) is 0.500. The molecule has 0 heterocycles. The second-order valence-corrected chi connectivity index (χ2v) is 5.94. The Bertz CT molecular complexity index is 567. The molecule has 1 atom stereocenters. The molecule has 1 unspecified atom stereocenters. The van der Waals surface area contributed by atoms with Gasteiger partial charge in [-0.15, -0.1) is 0 Å². The minimum Gasteiger partial charge on any atom is -0.374 e. The number of imide groups is 1. The summed E-state index contributed by atoms with van der Waals surface area (Å²) in [6.45, 7) is 1.76. The molecule has 1 fully saturated rings. The first-order valence-corrected chi connectivity index (χ1v) is 7.61. The number of hydrogen-bond donors (Lipinski definition) is 3. The van der Waals surface area contributed by atoms with Crippen molar-refractivity contribution in [3.8, 4) is 0 Å². The van der Waals surface area contributed by atoms with Crippen LogP contribution in [0.2, 0.25) is 0 Å². The molecular formula is C16H21N3O2. The molecule has 112 valence electrons. The lowest BCUT2D eigenvalue weighted by Gasteiger charge is -2.15. The number of carbonyl (C=O) groups is 2. The highest BCUT2D eigenvalue weighted by Crippen LogP contribution is 2.25. The third-order valence-corrected chi connectivity index (χ3v) is 4.02. The molecule has 3 rings (SSSR count). The highest BCUT2D eigenvalue weighted by atomic mass is 16.2. The largest absolute Gasteiger partial charge is 0.374 e. The zero-order valence-corrected chi connectivity index (χ0v) is 12.2. The number of hydrogen-bond acceptors (Lipinski definition) is 3. The average molecular weight is 287 g/mol. The van der Waals surface area contributed by atoms with Crippen LogP contribution >= 0.6 is 0 Å². The van der Waals surface area contributed by atoms with E-state index >= 15 is 0 Å². The smallest absolute Gasteiger partial charge is 0.321 e. The number of benzene rings is 1. The van der Waals surface area contributed by atoms with E-state index in [9.17, 15) is 9.59 Å². The summed E-state index contributed by atoms with van der Waals surface area (Å²) in [5, 5.41) is 8.26. The summed E-state index contributed by atoms with van der Waals surface area (Å²) in [5.41, 5.74) is 3.70. The van der Waals surface area contributed by atoms with Crippen LogP contribution in [-0.4, -0.2) is 24.0 Å². The molecule has 0 radical (unpaired) electrons. The maximum atomic E-state index is 12.0. The van der Waals surface area contributed by atoms with E-state index in [1.807, 2.05) is 6.07 Å². The summed E-state index contributed by atoms with van der Waals surface area (Å²) in [6.07, 6.45) is 5.47. The Morgan fingerprint density at radius 1 is 1.19 bits per heavy atom. The van der Waals surface area contributed by atoms with Crippen LogP contribution in [0.4, 0.5) is 10.5 Å². The van der Waals surface area contributed by atoms with Crippen molar-refractivity contribution >= 4 is 17.6 Å². The molecule has 0 spiro atoms. The number of amides is 3. The van der Waals surface area contributed by atoms with Crippen molar-refractivity contribution in [3.63, 3.8) is 0 Å². The molecule has 0 aromatic heterocycles. The summed E-state index contributed by atoms with van der Waals surface area (Å²) < 4.78 is 0. The summed E-state index contributed by atoms with van der Waals surface area (Å²) in [7, 11) is 0. The van der Waals surface area contributed by atoms with Gasteiger partial charge in [-0.25, -0.2) is 4.79 Å². The summed E-state index contributed by atoms with van der Waals surface area (Å²) in [5.74, 6) is -0.311. The Labute approximate surface area is 124 Å². The Hall–Kier alpha value is -2.04. The fourth-order valence-corrected chi connectivity index (χ4v) is 2.65. The van der Waals surface area contributed by atoms with E-state index in [0.717, 1.165) is 31.4 Å². The van der Waals surface area contributed by atoms with E-state index in [0.29, 0.717) is 0 Å². The molecular weight excluding hydrogens is 266 g/mol. The van der Waals surface area contributed by atoms with Crippen molar-refractivity contribution < 1.29 is 9.59 Å². The highest BCUT2D eigenvalue weighted by molar-refractivity contribution is 5.98. The van der Waals surface area contributed by atoms with Gasteiger partial charge in [-0.2, -0.15) is 0 Å². The number of nitrogens with one attached hydrogen (secondary N) is 3. The van der Waals surface area contributed by atoms with E-state index in [1.54, 1.807) is 6.92 Å². The van der Waals surface area contributed by atoms with Crippen molar-refractivity contribution in [1.82, 2.24) is 10.6 Å². The number of carbonyl (C=O) groups excluding carboxylic acids is 2. The van der Waals surface area contributed by atoms with Crippen LogP contribution in [-0.2, 0) is 17.6 Å². The third-order valence-electron chi connectivity index (χ3n) is 4.02. The molecule has 2 aliphatic carbocycles. The lowest BCUT2D eigenvalue weighted by Crippen LogP contribution is -2.46. The second-order valence-electron chi connectivity index (χ2n) is 5.94. The van der Waals surface area contributed by atoms with Crippen molar-refractivity contribution in [1.29, 1.82) is 0 Å². The molecule has 2 aliphatic rings. The maximum Gasteiger partial charge on any atom is 0.321 e. The minimum atomic E-state index is -0.450. The minimum absolute atomic E-state index is 0.248. The average Bonchev–Trinajstić information content (AvgIpc) is 3.13. The number of anilines is 1. The van der Waals surface area contributed by atoms with Crippen LogP contribution < -0.4 is 16.0 Å². The number of rotatable bonds is 4. The lowest BCUT2D eigenvalue weighted by molar-refractivity contribution is -0.120. The Balaban J connectivity index is 1.53. The van der Waals surface area contributed by atoms with Gasteiger partial charge >= 0.3 is 6.03 Å². The van der Waals surface area contributed by atoms with E-state index in [-0.39, 0.29) is 11.9 Å². The molecule has 0 bridgehead atoms. The van der Waals surface area contributed by atoms with Gasteiger partial charge in [-0.1, -0.05) is 6.07 Å². The Morgan fingerprint density at radius 3 is 2.71 bits per heavy atom. The van der Waals surface area contributed by atoms with Crippen LogP contribution in [0.1, 0.15) is 37.3 Å². The first-order valence-electron chi connectivity index (χ1n) is 7.61. The summed E-state index contributed by atoms with van der Waals surface area (Å²) >= 11 is 0. The summed E-state index contributed by atoms with van der Waals surface area (Å²) in [4.78, 5) is 23.5. The Morgan fingerprint density at radius 2 is 1.95 bits per heavy atom. The van der Waals surface area contributed by atoms with Crippen LogP contribution in [0, 0.1) is 0 Å². The van der Waals surface area contributed by atoms with Crippen LogP contribution in [0.3, 0.4) is 0 Å². The van der Waals surface area contributed by atoms with E-state index in [1.165, 1.54) is 17.5 Å². The molecule has 3 amide bonds. The van der Waals surface area contributed by atoms with Crippen molar-refractivity contribution in [2.24, 2.45) is 0 Å². The molecule has 0 aliphatic heterocycles. The lowest BCUT2D eigenvalue weighted by atomic mass is 10.1. The van der Waals surface area contributed by atoms with Gasteiger partial charge in [0.05, 0.1) is 0 Å². The standard InChI is InChI=1S/C16H21N3O2/c1-10(15(20)19-16(21)18-13-7-8-13)17-14-6-5-11-3-2-4-12(11)9-14/h5-6,9-10,13,17H,2-4,7-8H2,1H3,(H2,18,19,20,21). The second kappa shape index (κ2) is 5.76. The monoisotopic (exact) mass is 287 g/mol. The van der Waals surface area contributed by atoms with Crippen LogP contribution in [0.15, 0.2) is 18.2 Å². The van der Waals surface area contributed by atoms with Crippen molar-refractivity contribution in [3.05, 3.63) is 29.3 Å². The van der Waals surface area contributed by atoms with Crippen LogP contribution in [0.5, 0.6) is 0 Å². The molecule has 0 saturated heterocycles. The normalized spacial score (nSPS) is 17.8. The zero-order chi connectivity index (χ0) is 14.8. The van der Waals surface area contributed by atoms with E-state index in [4.69, 9.17) is 0 Å². The van der Waals surface area contributed by atoms with Gasteiger partial charge in [-0.3, -0.25) is 10.1 Å². The Kier molecular flexibility index (Phi) is 3.82. The molecule has 5 heteroatoms. The van der Waals surface area contributed by atoms with E-state index < -0.39 is 12.1 Å². The quantitative estimate of drug-likeness (QED) is 0.793. The van der Waals surface area contributed by atoms with Gasteiger partial charge in [0.2, 0.25) is 5.91 Å². The maximum absolute atomic E-state index is 12.0. The summed E-state index contributed by atoms with van der Waals surface area (Å²) in [6, 6.07) is 5.63. The SMILES string of the molecule is CC(Nc1ccc2c(c1)CCC2)C(=O)NC(=O)NC1CC1. The van der Waals surface area contributed by atoms with Gasteiger partial charge in [0.15, 0.2) is 0 Å². The van der Waals surface area contributed by atoms with Gasteiger partial charge in [0, 0.05) is 11.7 Å². The van der Waals surface area contributed by atoms with Gasteiger partial charge < -0.3 is 10.6 Å². The molecule has 1 aromatic rings. The topological polar surface area (TPSA) is 70.2 Å². The molecule has 1 aromatic carbocycles. The van der Waals surface area contributed by atoms with Crippen LogP contribution in [0.25, 0.3) is 0 Å². The third kappa shape index (κ3) is 3.54. The first-order chi connectivity index (χ1) is 10.1.